The smallest absolute Gasteiger partial charge is 0.159 e. The van der Waals surface area contributed by atoms with Crippen molar-refractivity contribution in [1.82, 2.24) is 10.3 Å². The standard InChI is InChI=1S/C13H11N3OS/c1-8-3-2-4-9(7-8)18-11-6-5-10(14)12-13(11)16-17-15-12/h2-7H,14H2,1H3. The van der Waals surface area contributed by atoms with Gasteiger partial charge in [-0.2, -0.15) is 0 Å². The van der Waals surface area contributed by atoms with E-state index in [1.165, 1.54) is 5.56 Å². The van der Waals surface area contributed by atoms with E-state index in [0.717, 1.165) is 9.79 Å². The molecule has 0 amide bonds. The molecular weight excluding hydrogens is 246 g/mol. The molecule has 0 bridgehead atoms. The molecule has 0 aliphatic heterocycles. The summed E-state index contributed by atoms with van der Waals surface area (Å²) < 4.78 is 4.75. The molecule has 4 nitrogen and oxygen atoms in total. The molecule has 1 heterocycles. The predicted molar refractivity (Wildman–Crippen MR) is 71.5 cm³/mol. The monoisotopic (exact) mass is 257 g/mol. The molecule has 5 heteroatoms. The fourth-order valence-corrected chi connectivity index (χ4v) is 2.76. The predicted octanol–water partition coefficient (Wildman–Crippen LogP) is 3.26. The molecule has 0 spiro atoms. The van der Waals surface area contributed by atoms with Crippen LogP contribution in [0.15, 0.2) is 50.8 Å². The molecule has 2 aromatic carbocycles. The second-order valence-electron chi connectivity index (χ2n) is 4.03. The Morgan fingerprint density at radius 1 is 1.11 bits per heavy atom. The van der Waals surface area contributed by atoms with E-state index in [2.05, 4.69) is 35.4 Å². The van der Waals surface area contributed by atoms with Gasteiger partial charge in [0, 0.05) is 9.79 Å². The molecule has 0 fully saturated rings. The summed E-state index contributed by atoms with van der Waals surface area (Å²) in [6.07, 6.45) is 0. The van der Waals surface area contributed by atoms with Gasteiger partial charge < -0.3 is 5.73 Å². The van der Waals surface area contributed by atoms with Crippen molar-refractivity contribution in [2.45, 2.75) is 16.7 Å². The van der Waals surface area contributed by atoms with Crippen molar-refractivity contribution in [3.63, 3.8) is 0 Å². The van der Waals surface area contributed by atoms with E-state index < -0.39 is 0 Å². The van der Waals surface area contributed by atoms with Crippen LogP contribution >= 0.6 is 11.8 Å². The van der Waals surface area contributed by atoms with Crippen molar-refractivity contribution in [3.8, 4) is 0 Å². The number of aryl methyl sites for hydroxylation is 1. The molecule has 3 aromatic rings. The molecule has 3 rings (SSSR count). The number of nitrogens with two attached hydrogens (primary N) is 1. The van der Waals surface area contributed by atoms with Crippen LogP contribution in [0.1, 0.15) is 5.56 Å². The first-order valence-electron chi connectivity index (χ1n) is 5.49. The Hall–Kier alpha value is -2.01. The minimum absolute atomic E-state index is 0.583. The van der Waals surface area contributed by atoms with E-state index in [1.54, 1.807) is 11.8 Å². The summed E-state index contributed by atoms with van der Waals surface area (Å²) in [6, 6.07) is 12.1. The highest BCUT2D eigenvalue weighted by atomic mass is 32.2. The maximum absolute atomic E-state index is 5.82. The number of hydrogen-bond acceptors (Lipinski definition) is 5. The van der Waals surface area contributed by atoms with Gasteiger partial charge in [0.1, 0.15) is 0 Å². The van der Waals surface area contributed by atoms with Gasteiger partial charge >= 0.3 is 0 Å². The molecule has 0 atom stereocenters. The van der Waals surface area contributed by atoms with Crippen molar-refractivity contribution in [3.05, 3.63) is 42.0 Å². The molecule has 0 saturated carbocycles. The number of hydrogen-bond donors (Lipinski definition) is 1. The molecule has 18 heavy (non-hydrogen) atoms. The third-order valence-electron chi connectivity index (χ3n) is 2.63. The van der Waals surface area contributed by atoms with Crippen LogP contribution in [0.5, 0.6) is 0 Å². The third kappa shape index (κ3) is 1.93. The second-order valence-corrected chi connectivity index (χ2v) is 5.15. The number of nitrogen functional groups attached to an aromatic ring is 1. The SMILES string of the molecule is Cc1cccc(Sc2ccc(N)c3nonc23)c1. The van der Waals surface area contributed by atoms with Gasteiger partial charge in [0.25, 0.3) is 0 Å². The zero-order valence-corrected chi connectivity index (χ0v) is 10.6. The fourth-order valence-electron chi connectivity index (χ4n) is 1.75. The van der Waals surface area contributed by atoms with E-state index in [1.807, 2.05) is 18.2 Å². The highest BCUT2D eigenvalue weighted by molar-refractivity contribution is 7.99. The quantitative estimate of drug-likeness (QED) is 0.714. The van der Waals surface area contributed by atoms with Crippen LogP contribution in [0.25, 0.3) is 11.0 Å². The maximum atomic E-state index is 5.82. The van der Waals surface area contributed by atoms with Gasteiger partial charge in [0.15, 0.2) is 11.0 Å². The lowest BCUT2D eigenvalue weighted by Gasteiger charge is -2.03. The van der Waals surface area contributed by atoms with Gasteiger partial charge in [-0.15, -0.1) is 0 Å². The molecule has 2 N–H and O–H groups in total. The summed E-state index contributed by atoms with van der Waals surface area (Å²) in [6.45, 7) is 2.07. The molecule has 90 valence electrons. The van der Waals surface area contributed by atoms with Crippen LogP contribution < -0.4 is 5.73 Å². The fraction of sp³-hybridized carbons (Fsp3) is 0.0769. The van der Waals surface area contributed by atoms with Crippen molar-refractivity contribution in [1.29, 1.82) is 0 Å². The number of anilines is 1. The van der Waals surface area contributed by atoms with Gasteiger partial charge in [0.05, 0.1) is 5.69 Å². The lowest BCUT2D eigenvalue weighted by molar-refractivity contribution is 0.315. The van der Waals surface area contributed by atoms with E-state index >= 15 is 0 Å². The first-order chi connectivity index (χ1) is 8.74. The van der Waals surface area contributed by atoms with Crippen LogP contribution in [0, 0.1) is 6.92 Å². The van der Waals surface area contributed by atoms with Crippen LogP contribution in [0.4, 0.5) is 5.69 Å². The highest BCUT2D eigenvalue weighted by Gasteiger charge is 2.11. The Morgan fingerprint density at radius 3 is 2.78 bits per heavy atom. The van der Waals surface area contributed by atoms with Crippen molar-refractivity contribution >= 4 is 28.5 Å². The van der Waals surface area contributed by atoms with Gasteiger partial charge in [-0.05, 0) is 41.5 Å². The van der Waals surface area contributed by atoms with Crippen LogP contribution in [-0.4, -0.2) is 10.3 Å². The van der Waals surface area contributed by atoms with Crippen molar-refractivity contribution in [2.75, 3.05) is 5.73 Å². The molecule has 0 saturated heterocycles. The second kappa shape index (κ2) is 4.34. The minimum atomic E-state index is 0.583. The maximum Gasteiger partial charge on any atom is 0.159 e. The van der Waals surface area contributed by atoms with E-state index in [-0.39, 0.29) is 0 Å². The Morgan fingerprint density at radius 2 is 1.94 bits per heavy atom. The summed E-state index contributed by atoms with van der Waals surface area (Å²) in [5.74, 6) is 0. The lowest BCUT2D eigenvalue weighted by atomic mass is 10.2. The third-order valence-corrected chi connectivity index (χ3v) is 3.67. The summed E-state index contributed by atoms with van der Waals surface area (Å²) in [7, 11) is 0. The van der Waals surface area contributed by atoms with Gasteiger partial charge in [0.2, 0.25) is 0 Å². The van der Waals surface area contributed by atoms with Crippen LogP contribution in [-0.2, 0) is 0 Å². The summed E-state index contributed by atoms with van der Waals surface area (Å²) in [5.41, 5.74) is 8.95. The number of benzene rings is 2. The number of fused-ring (bicyclic) bond motifs is 1. The summed E-state index contributed by atoms with van der Waals surface area (Å²) >= 11 is 1.63. The van der Waals surface area contributed by atoms with Crippen molar-refractivity contribution < 1.29 is 4.63 Å². The number of nitrogens with zero attached hydrogens (tertiary/aromatic N) is 2. The van der Waals surface area contributed by atoms with Crippen LogP contribution in [0.2, 0.25) is 0 Å². The van der Waals surface area contributed by atoms with Gasteiger partial charge in [-0.25, -0.2) is 4.63 Å². The molecule has 0 radical (unpaired) electrons. The first kappa shape index (κ1) is 11.1. The van der Waals surface area contributed by atoms with E-state index in [4.69, 9.17) is 10.4 Å². The lowest BCUT2D eigenvalue weighted by Crippen LogP contribution is -1.87. The summed E-state index contributed by atoms with van der Waals surface area (Å²) in [5, 5.41) is 7.72. The zero-order chi connectivity index (χ0) is 12.5. The summed E-state index contributed by atoms with van der Waals surface area (Å²) in [4.78, 5) is 2.15. The largest absolute Gasteiger partial charge is 0.397 e. The minimum Gasteiger partial charge on any atom is -0.397 e. The first-order valence-corrected chi connectivity index (χ1v) is 6.31. The van der Waals surface area contributed by atoms with Gasteiger partial charge in [-0.1, -0.05) is 29.5 Å². The molecule has 0 unspecified atom stereocenters. The normalized spacial score (nSPS) is 10.9. The van der Waals surface area contributed by atoms with E-state index in [0.29, 0.717) is 16.7 Å². The Balaban J connectivity index is 2.05. The number of aromatic nitrogens is 2. The molecular formula is C13H11N3OS. The van der Waals surface area contributed by atoms with Crippen LogP contribution in [0.3, 0.4) is 0 Å². The molecule has 1 aromatic heterocycles. The molecule has 0 aliphatic rings. The zero-order valence-electron chi connectivity index (χ0n) is 9.75. The highest BCUT2D eigenvalue weighted by Crippen LogP contribution is 2.34. The Kier molecular flexibility index (Phi) is 2.68. The van der Waals surface area contributed by atoms with E-state index in [9.17, 15) is 0 Å². The Bertz CT molecular complexity index is 708. The average Bonchev–Trinajstić information content (AvgIpc) is 2.83. The molecule has 0 aliphatic carbocycles. The Labute approximate surface area is 108 Å². The van der Waals surface area contributed by atoms with Crippen molar-refractivity contribution in [2.24, 2.45) is 0 Å². The van der Waals surface area contributed by atoms with Gasteiger partial charge in [-0.3, -0.25) is 0 Å². The number of rotatable bonds is 2. The topological polar surface area (TPSA) is 64.9 Å². The average molecular weight is 257 g/mol.